The van der Waals surface area contributed by atoms with Crippen LogP contribution >= 0.6 is 0 Å². The van der Waals surface area contributed by atoms with Crippen LogP contribution in [0.3, 0.4) is 0 Å². The maximum Gasteiger partial charge on any atom is 0.0714 e. The number of hydrogen-bond acceptors (Lipinski definition) is 1. The summed E-state index contributed by atoms with van der Waals surface area (Å²) in [7, 11) is 0. The van der Waals surface area contributed by atoms with Crippen LogP contribution in [0.4, 0.5) is 17.1 Å². The molecule has 0 bridgehead atoms. The third-order valence-corrected chi connectivity index (χ3v) is 13.5. The molecule has 1 aliphatic carbocycles. The lowest BCUT2D eigenvalue weighted by molar-refractivity contribution is 0.768. The van der Waals surface area contributed by atoms with E-state index in [9.17, 15) is 0 Å². The number of fused-ring (bicyclic) bond motifs is 4. The van der Waals surface area contributed by atoms with Gasteiger partial charge in [-0.05, 0) is 143 Å². The van der Waals surface area contributed by atoms with E-state index >= 15 is 0 Å². The van der Waals surface area contributed by atoms with Gasteiger partial charge in [0.1, 0.15) is 0 Å². The molecule has 1 aliphatic rings. The molecule has 0 heterocycles. The Morgan fingerprint density at radius 3 is 1.17 bits per heavy atom. The predicted octanol–water partition coefficient (Wildman–Crippen LogP) is 17.3. The number of anilines is 3. The molecule has 0 fully saturated rings. The molecule has 0 saturated heterocycles. The summed E-state index contributed by atoms with van der Waals surface area (Å²) in [6, 6.07) is 100. The molecular weight excluding hydrogens is 795 g/mol. The third-order valence-electron chi connectivity index (χ3n) is 13.5. The van der Waals surface area contributed by atoms with E-state index in [-0.39, 0.29) is 0 Å². The molecule has 0 aromatic heterocycles. The number of benzene rings is 11. The molecular formula is C65H45N. The van der Waals surface area contributed by atoms with Crippen molar-refractivity contribution < 1.29 is 0 Å². The maximum atomic E-state index is 2.47. The minimum Gasteiger partial charge on any atom is -0.310 e. The quantitative estimate of drug-likeness (QED) is 0.140. The highest BCUT2D eigenvalue weighted by Gasteiger charge is 2.46. The first-order valence-electron chi connectivity index (χ1n) is 22.8. The Bertz CT molecular complexity index is 3360. The van der Waals surface area contributed by atoms with Crippen molar-refractivity contribution in [1.82, 2.24) is 0 Å². The average molecular weight is 840 g/mol. The summed E-state index contributed by atoms with van der Waals surface area (Å²) < 4.78 is 0. The van der Waals surface area contributed by atoms with Crippen LogP contribution in [0.25, 0.3) is 66.4 Å². The van der Waals surface area contributed by atoms with Crippen LogP contribution in [0, 0.1) is 0 Å². The van der Waals surface area contributed by atoms with Crippen molar-refractivity contribution in [2.24, 2.45) is 0 Å². The Labute approximate surface area is 387 Å². The lowest BCUT2D eigenvalue weighted by atomic mass is 9.67. The van der Waals surface area contributed by atoms with E-state index in [1.54, 1.807) is 0 Å². The molecule has 0 amide bonds. The molecule has 0 aliphatic heterocycles. The monoisotopic (exact) mass is 839 g/mol. The smallest absolute Gasteiger partial charge is 0.0714 e. The average Bonchev–Trinajstić information content (AvgIpc) is 3.70. The Balaban J connectivity index is 1.04. The molecule has 0 atom stereocenters. The minimum atomic E-state index is -0.602. The van der Waals surface area contributed by atoms with E-state index in [0.717, 1.165) is 17.1 Å². The predicted molar refractivity (Wildman–Crippen MR) is 278 cm³/mol. The fraction of sp³-hybridized carbons (Fsp3) is 0.0154. The zero-order valence-corrected chi connectivity index (χ0v) is 36.4. The first-order chi connectivity index (χ1) is 32.7. The fourth-order valence-electron chi connectivity index (χ4n) is 10.4. The van der Waals surface area contributed by atoms with Crippen LogP contribution in [0.2, 0.25) is 0 Å². The molecule has 0 unspecified atom stereocenters. The molecule has 66 heavy (non-hydrogen) atoms. The first kappa shape index (κ1) is 39.1. The summed E-state index contributed by atoms with van der Waals surface area (Å²) in [5.41, 5.74) is 19.8. The van der Waals surface area contributed by atoms with Gasteiger partial charge in [0, 0.05) is 17.1 Å². The second-order valence-electron chi connectivity index (χ2n) is 17.3. The van der Waals surface area contributed by atoms with Crippen LogP contribution in [0.1, 0.15) is 22.3 Å². The minimum absolute atomic E-state index is 0.602. The first-order valence-corrected chi connectivity index (χ1v) is 22.8. The molecule has 1 heteroatoms. The van der Waals surface area contributed by atoms with Gasteiger partial charge >= 0.3 is 0 Å². The summed E-state index contributed by atoms with van der Waals surface area (Å²) >= 11 is 0. The van der Waals surface area contributed by atoms with Gasteiger partial charge in [-0.25, -0.2) is 0 Å². The van der Waals surface area contributed by atoms with Crippen molar-refractivity contribution >= 4 is 27.8 Å². The second-order valence-corrected chi connectivity index (χ2v) is 17.3. The zero-order chi connectivity index (χ0) is 43.9. The number of nitrogens with zero attached hydrogens (tertiary/aromatic N) is 1. The van der Waals surface area contributed by atoms with Gasteiger partial charge in [0.15, 0.2) is 0 Å². The Morgan fingerprint density at radius 2 is 0.606 bits per heavy atom. The lowest BCUT2D eigenvalue weighted by Gasteiger charge is -2.35. The normalized spacial score (nSPS) is 12.4. The molecule has 0 N–H and O–H groups in total. The van der Waals surface area contributed by atoms with Crippen molar-refractivity contribution in [3.05, 3.63) is 295 Å². The van der Waals surface area contributed by atoms with Crippen molar-refractivity contribution in [2.75, 3.05) is 4.90 Å². The molecule has 11 aromatic carbocycles. The molecule has 1 nitrogen and oxygen atoms in total. The SMILES string of the molecule is c1ccc(-c2ccc(N(c3ccc(-c4ccccc4)cc3)c3ccc4c(c3)C(c3ccccc3)(c3ccccc3)c3cc(-c5cccc(-c6ccc7ccccc7c6)c5)ccc3-4)cc2)cc1. The highest BCUT2D eigenvalue weighted by atomic mass is 15.1. The van der Waals surface area contributed by atoms with E-state index in [1.807, 2.05) is 0 Å². The fourth-order valence-corrected chi connectivity index (χ4v) is 10.4. The number of hydrogen-bond donors (Lipinski definition) is 0. The van der Waals surface area contributed by atoms with Crippen LogP contribution in [-0.2, 0) is 5.41 Å². The Morgan fingerprint density at radius 1 is 0.227 bits per heavy atom. The standard InChI is InChI=1S/C65H45N/c1-5-16-46(17-6-1)49-30-35-58(36-31-49)66(59-37-32-50(33-38-59)47-18-7-2-8-19-47)60-39-41-62-61-40-34-55(53-23-15-22-52(43-53)54-29-28-48-20-13-14-21-51(48)42-54)44-63(61)65(64(62)45-60,56-24-9-3-10-25-56)57-26-11-4-12-27-57/h1-45H. The lowest BCUT2D eigenvalue weighted by Crippen LogP contribution is -2.28. The van der Waals surface area contributed by atoms with Gasteiger partial charge in [0.25, 0.3) is 0 Å². The van der Waals surface area contributed by atoms with Gasteiger partial charge in [-0.2, -0.15) is 0 Å². The van der Waals surface area contributed by atoms with Crippen molar-refractivity contribution in [2.45, 2.75) is 5.41 Å². The molecule has 310 valence electrons. The Hall–Kier alpha value is -8.52. The summed E-state index contributed by atoms with van der Waals surface area (Å²) in [6.07, 6.45) is 0. The Kier molecular flexibility index (Phi) is 9.81. The van der Waals surface area contributed by atoms with E-state index in [1.165, 1.54) is 88.7 Å². The highest BCUT2D eigenvalue weighted by molar-refractivity contribution is 5.92. The molecule has 0 saturated carbocycles. The topological polar surface area (TPSA) is 3.24 Å². The maximum absolute atomic E-state index is 2.47. The zero-order valence-electron chi connectivity index (χ0n) is 36.4. The number of rotatable bonds is 9. The molecule has 12 rings (SSSR count). The summed E-state index contributed by atoms with van der Waals surface area (Å²) in [6.45, 7) is 0. The highest BCUT2D eigenvalue weighted by Crippen LogP contribution is 2.58. The van der Waals surface area contributed by atoms with Crippen LogP contribution in [0.15, 0.2) is 273 Å². The molecule has 11 aromatic rings. The summed E-state index contributed by atoms with van der Waals surface area (Å²) in [5, 5.41) is 2.50. The largest absolute Gasteiger partial charge is 0.310 e. The van der Waals surface area contributed by atoms with E-state index < -0.39 is 5.41 Å². The van der Waals surface area contributed by atoms with Gasteiger partial charge in [0.05, 0.1) is 5.41 Å². The van der Waals surface area contributed by atoms with Crippen molar-refractivity contribution in [1.29, 1.82) is 0 Å². The van der Waals surface area contributed by atoms with Gasteiger partial charge in [0.2, 0.25) is 0 Å². The van der Waals surface area contributed by atoms with E-state index in [2.05, 4.69) is 278 Å². The van der Waals surface area contributed by atoms with Crippen molar-refractivity contribution in [3.63, 3.8) is 0 Å². The summed E-state index contributed by atoms with van der Waals surface area (Å²) in [4.78, 5) is 2.41. The van der Waals surface area contributed by atoms with Gasteiger partial charge in [-0.15, -0.1) is 0 Å². The van der Waals surface area contributed by atoms with Gasteiger partial charge < -0.3 is 4.90 Å². The van der Waals surface area contributed by atoms with E-state index in [4.69, 9.17) is 0 Å². The second kappa shape index (κ2) is 16.6. The van der Waals surface area contributed by atoms with Crippen LogP contribution in [-0.4, -0.2) is 0 Å². The van der Waals surface area contributed by atoms with Gasteiger partial charge in [-0.3, -0.25) is 0 Å². The van der Waals surface area contributed by atoms with Gasteiger partial charge in [-0.1, -0.05) is 218 Å². The van der Waals surface area contributed by atoms with Crippen LogP contribution in [0.5, 0.6) is 0 Å². The van der Waals surface area contributed by atoms with Crippen molar-refractivity contribution in [3.8, 4) is 55.6 Å². The molecule has 0 radical (unpaired) electrons. The van der Waals surface area contributed by atoms with E-state index in [0.29, 0.717) is 0 Å². The third kappa shape index (κ3) is 6.81. The summed E-state index contributed by atoms with van der Waals surface area (Å²) in [5.74, 6) is 0. The molecule has 0 spiro atoms. The van der Waals surface area contributed by atoms with Crippen LogP contribution < -0.4 is 4.90 Å².